The van der Waals surface area contributed by atoms with Gasteiger partial charge in [-0.1, -0.05) is 5.21 Å². The van der Waals surface area contributed by atoms with E-state index in [1.54, 1.807) is 18.3 Å². The van der Waals surface area contributed by atoms with Crippen molar-refractivity contribution in [2.24, 2.45) is 0 Å². The lowest BCUT2D eigenvalue weighted by Gasteiger charge is -2.16. The molecule has 1 atom stereocenters. The van der Waals surface area contributed by atoms with Gasteiger partial charge in [0.2, 0.25) is 5.88 Å². The van der Waals surface area contributed by atoms with Gasteiger partial charge in [0.05, 0.1) is 23.4 Å². The monoisotopic (exact) mass is 341 g/mol. The highest BCUT2D eigenvalue weighted by Gasteiger charge is 2.31. The molecule has 0 aromatic carbocycles. The number of hydrogen-bond acceptors (Lipinski definition) is 5. The molecule has 0 spiro atoms. The molecule has 1 aliphatic carbocycles. The third-order valence-electron chi connectivity index (χ3n) is 4.69. The molecule has 2 fully saturated rings. The van der Waals surface area contributed by atoms with E-state index in [0.29, 0.717) is 23.9 Å². The van der Waals surface area contributed by atoms with E-state index >= 15 is 0 Å². The van der Waals surface area contributed by atoms with Gasteiger partial charge < -0.3 is 9.64 Å². The molecule has 1 amide bonds. The maximum Gasteiger partial charge on any atom is 0.255 e. The molecule has 1 saturated heterocycles. The molecule has 2 aromatic rings. The van der Waals surface area contributed by atoms with Gasteiger partial charge in [0.25, 0.3) is 5.91 Å². The number of ether oxygens (including phenoxy) is 1. The fourth-order valence-corrected chi connectivity index (χ4v) is 3.18. The van der Waals surface area contributed by atoms with Crippen molar-refractivity contribution in [2.45, 2.75) is 51.2 Å². The lowest BCUT2D eigenvalue weighted by molar-refractivity contribution is 0.0786. The predicted molar refractivity (Wildman–Crippen MR) is 91.6 cm³/mol. The Bertz CT molecular complexity index is 751. The largest absolute Gasteiger partial charge is 0.475 e. The Labute approximate surface area is 147 Å². The highest BCUT2D eigenvalue weighted by molar-refractivity contribution is 5.94. The molecule has 0 unspecified atom stereocenters. The number of aromatic nitrogens is 4. The molecule has 3 heterocycles. The number of amides is 1. The van der Waals surface area contributed by atoms with Crippen molar-refractivity contribution >= 4 is 5.91 Å². The summed E-state index contributed by atoms with van der Waals surface area (Å²) in [7, 11) is 0. The third kappa shape index (κ3) is 3.50. The molecule has 0 bridgehead atoms. The molecule has 7 nitrogen and oxygen atoms in total. The minimum Gasteiger partial charge on any atom is -0.475 e. The molecule has 7 heteroatoms. The van der Waals surface area contributed by atoms with Gasteiger partial charge in [-0.3, -0.25) is 4.79 Å². The van der Waals surface area contributed by atoms with Crippen LogP contribution in [0.25, 0.3) is 0 Å². The molecule has 0 radical (unpaired) electrons. The average Bonchev–Trinajstić information content (AvgIpc) is 3.13. The van der Waals surface area contributed by atoms with Gasteiger partial charge in [-0.05, 0) is 39.2 Å². The second-order valence-electron chi connectivity index (χ2n) is 7.14. The molecule has 2 aromatic heterocycles. The van der Waals surface area contributed by atoms with E-state index in [9.17, 15) is 4.79 Å². The normalized spacial score (nSPS) is 20.3. The summed E-state index contributed by atoms with van der Waals surface area (Å²) in [6.07, 6.45) is 7.05. The van der Waals surface area contributed by atoms with Gasteiger partial charge in [0, 0.05) is 37.5 Å². The minimum atomic E-state index is 0.00799. The predicted octanol–water partition coefficient (Wildman–Crippen LogP) is 2.42. The summed E-state index contributed by atoms with van der Waals surface area (Å²) < 4.78 is 7.45. The van der Waals surface area contributed by atoms with Gasteiger partial charge in [-0.2, -0.15) is 0 Å². The van der Waals surface area contributed by atoms with Crippen LogP contribution in [0, 0.1) is 0 Å². The quantitative estimate of drug-likeness (QED) is 0.835. The van der Waals surface area contributed by atoms with Crippen LogP contribution in [0.2, 0.25) is 0 Å². The molecule has 0 N–H and O–H groups in total. The second-order valence-corrected chi connectivity index (χ2v) is 7.14. The Morgan fingerprint density at radius 1 is 1.28 bits per heavy atom. The van der Waals surface area contributed by atoms with Crippen LogP contribution in [0.1, 0.15) is 61.1 Å². The van der Waals surface area contributed by atoms with E-state index in [1.165, 1.54) is 12.8 Å². The van der Waals surface area contributed by atoms with Crippen LogP contribution in [-0.4, -0.2) is 50.0 Å². The number of likely N-dealkylation sites (tertiary alicyclic amines) is 1. The summed E-state index contributed by atoms with van der Waals surface area (Å²) in [5.41, 5.74) is 1.68. The van der Waals surface area contributed by atoms with Crippen LogP contribution in [0.5, 0.6) is 5.88 Å². The summed E-state index contributed by atoms with van der Waals surface area (Å²) in [4.78, 5) is 18.8. The van der Waals surface area contributed by atoms with Gasteiger partial charge in [-0.25, -0.2) is 9.67 Å². The molecule has 4 rings (SSSR count). The fraction of sp³-hybridized carbons (Fsp3) is 0.556. The molecule has 132 valence electrons. The first-order chi connectivity index (χ1) is 12.1. The van der Waals surface area contributed by atoms with Crippen LogP contribution in [-0.2, 0) is 0 Å². The van der Waals surface area contributed by atoms with Gasteiger partial charge >= 0.3 is 0 Å². The Morgan fingerprint density at radius 2 is 2.12 bits per heavy atom. The molecular formula is C18H23N5O2. The zero-order chi connectivity index (χ0) is 17.4. The van der Waals surface area contributed by atoms with Crippen LogP contribution in [0.15, 0.2) is 24.5 Å². The Kier molecular flexibility index (Phi) is 4.15. The highest BCUT2D eigenvalue weighted by atomic mass is 16.5. The van der Waals surface area contributed by atoms with Crippen LogP contribution >= 0.6 is 0 Å². The van der Waals surface area contributed by atoms with Crippen molar-refractivity contribution in [3.63, 3.8) is 0 Å². The maximum atomic E-state index is 12.7. The van der Waals surface area contributed by atoms with Crippen molar-refractivity contribution in [3.8, 4) is 5.88 Å². The Hall–Kier alpha value is -2.44. The first kappa shape index (κ1) is 16.1. The van der Waals surface area contributed by atoms with Crippen LogP contribution in [0.3, 0.4) is 0 Å². The van der Waals surface area contributed by atoms with E-state index in [4.69, 9.17) is 4.74 Å². The number of carbonyl (C=O) groups excluding carboxylic acids is 1. The lowest BCUT2D eigenvalue weighted by Crippen LogP contribution is -2.29. The van der Waals surface area contributed by atoms with Crippen molar-refractivity contribution in [3.05, 3.63) is 35.8 Å². The minimum absolute atomic E-state index is 0.00799. The summed E-state index contributed by atoms with van der Waals surface area (Å²) >= 11 is 0. The lowest BCUT2D eigenvalue weighted by atomic mass is 10.2. The molecule has 1 aliphatic heterocycles. The van der Waals surface area contributed by atoms with Gasteiger partial charge in [0.1, 0.15) is 0 Å². The van der Waals surface area contributed by atoms with Crippen LogP contribution in [0.4, 0.5) is 0 Å². The van der Waals surface area contributed by atoms with E-state index in [0.717, 1.165) is 18.7 Å². The van der Waals surface area contributed by atoms with E-state index in [-0.39, 0.29) is 18.1 Å². The first-order valence-corrected chi connectivity index (χ1v) is 8.94. The fourth-order valence-electron chi connectivity index (χ4n) is 3.18. The van der Waals surface area contributed by atoms with E-state index in [1.807, 2.05) is 23.4 Å². The van der Waals surface area contributed by atoms with Crippen molar-refractivity contribution < 1.29 is 9.53 Å². The topological polar surface area (TPSA) is 73.1 Å². The van der Waals surface area contributed by atoms with Crippen molar-refractivity contribution in [1.82, 2.24) is 24.9 Å². The second kappa shape index (κ2) is 6.46. The summed E-state index contributed by atoms with van der Waals surface area (Å²) in [5, 5.41) is 8.53. The van der Waals surface area contributed by atoms with Crippen molar-refractivity contribution in [2.75, 3.05) is 13.1 Å². The molecule has 25 heavy (non-hydrogen) atoms. The number of hydrogen-bond donors (Lipinski definition) is 0. The maximum absolute atomic E-state index is 12.7. The third-order valence-corrected chi connectivity index (χ3v) is 4.69. The van der Waals surface area contributed by atoms with Crippen LogP contribution < -0.4 is 4.74 Å². The number of pyridine rings is 1. The summed E-state index contributed by atoms with van der Waals surface area (Å²) in [5.74, 6) is 1.15. The van der Waals surface area contributed by atoms with E-state index < -0.39 is 0 Å². The zero-order valence-corrected chi connectivity index (χ0v) is 14.6. The van der Waals surface area contributed by atoms with E-state index in [2.05, 4.69) is 21.5 Å². The van der Waals surface area contributed by atoms with Gasteiger partial charge in [0.15, 0.2) is 0 Å². The van der Waals surface area contributed by atoms with Gasteiger partial charge in [-0.15, -0.1) is 5.10 Å². The first-order valence-electron chi connectivity index (χ1n) is 8.94. The molecular weight excluding hydrogens is 318 g/mol. The number of nitrogens with zero attached hydrogens (tertiary/aromatic N) is 5. The summed E-state index contributed by atoms with van der Waals surface area (Å²) in [6.45, 7) is 5.29. The Morgan fingerprint density at radius 3 is 2.80 bits per heavy atom. The smallest absolute Gasteiger partial charge is 0.255 e. The standard InChI is InChI=1S/C18H23N5O2/c1-12(2)25-17-6-5-14(9-19-17)18(24)22-8-7-15(10-22)23-11-16(20-21-23)13-3-4-13/h5-6,9,11-13,15H,3-4,7-8,10H2,1-2H3/t15-/m0/s1. The molecule has 1 saturated carbocycles. The number of carbonyl (C=O) groups is 1. The molecule has 2 aliphatic rings. The highest BCUT2D eigenvalue weighted by Crippen LogP contribution is 2.39. The van der Waals surface area contributed by atoms with Crippen molar-refractivity contribution in [1.29, 1.82) is 0 Å². The summed E-state index contributed by atoms with van der Waals surface area (Å²) in [6, 6.07) is 3.74. The zero-order valence-electron chi connectivity index (χ0n) is 14.6. The SMILES string of the molecule is CC(C)Oc1ccc(C(=O)N2CC[C@H](n3cc(C4CC4)nn3)C2)cn1. The Balaban J connectivity index is 1.39. The average molecular weight is 341 g/mol. The number of rotatable bonds is 5.